The smallest absolute Gasteiger partial charge is 0.347 e. The fraction of sp³-hybridized carbons (Fsp3) is 0.286. The average Bonchev–Trinajstić information content (AvgIpc) is 3.20. The van der Waals surface area contributed by atoms with Crippen molar-refractivity contribution in [3.63, 3.8) is 0 Å². The molecule has 0 atom stereocenters. The molecule has 0 radical (unpaired) electrons. The Morgan fingerprint density at radius 3 is 2.42 bits per heavy atom. The summed E-state index contributed by atoms with van der Waals surface area (Å²) in [7, 11) is -5.46. The number of hydrogen-bond donors (Lipinski definition) is 1. The highest BCUT2D eigenvalue weighted by Crippen LogP contribution is 2.27. The van der Waals surface area contributed by atoms with E-state index in [1.165, 1.54) is 5.01 Å². The van der Waals surface area contributed by atoms with E-state index in [9.17, 15) is 26.4 Å². The molecule has 9 nitrogen and oxygen atoms in total. The average molecular weight is 565 g/mol. The summed E-state index contributed by atoms with van der Waals surface area (Å²) in [4.78, 5) is 17.4. The van der Waals surface area contributed by atoms with Gasteiger partial charge in [0.05, 0.1) is 29.5 Å². The topological polar surface area (TPSA) is 99.4 Å². The molecule has 0 fully saturated rings. The fourth-order valence-corrected chi connectivity index (χ4v) is 4.46. The lowest BCUT2D eigenvalue weighted by Gasteiger charge is -2.29. The molecular formula is C21H21Cl2F3N6O3S. The van der Waals surface area contributed by atoms with Gasteiger partial charge in [0, 0.05) is 12.7 Å². The van der Waals surface area contributed by atoms with E-state index in [0.29, 0.717) is 40.5 Å². The number of imidazole rings is 1. The Balaban J connectivity index is 0.00000361. The molecule has 1 aliphatic rings. The lowest BCUT2D eigenvalue weighted by atomic mass is 10.2. The van der Waals surface area contributed by atoms with E-state index >= 15 is 0 Å². The van der Waals surface area contributed by atoms with Gasteiger partial charge in [0.2, 0.25) is 0 Å². The molecule has 36 heavy (non-hydrogen) atoms. The molecule has 1 aliphatic heterocycles. The Morgan fingerprint density at radius 1 is 1.14 bits per heavy atom. The first kappa shape index (κ1) is 27.6. The molecule has 0 aliphatic carbocycles. The zero-order chi connectivity index (χ0) is 25.4. The number of rotatable bonds is 6. The molecule has 15 heteroatoms. The maximum absolute atomic E-state index is 12.9. The van der Waals surface area contributed by atoms with Crippen LogP contribution in [0.15, 0.2) is 47.7 Å². The number of hydrazone groups is 1. The monoisotopic (exact) mass is 564 g/mol. The van der Waals surface area contributed by atoms with E-state index in [4.69, 9.17) is 11.6 Å². The Hall–Kier alpha value is -3.03. The second-order valence-corrected chi connectivity index (χ2v) is 9.92. The van der Waals surface area contributed by atoms with Gasteiger partial charge in [-0.1, -0.05) is 30.7 Å². The number of carbonyl (C=O) groups excluding carboxylic acids is 1. The molecule has 194 valence electrons. The summed E-state index contributed by atoms with van der Waals surface area (Å²) >= 11 is 6.07. The molecule has 0 spiro atoms. The van der Waals surface area contributed by atoms with E-state index in [1.54, 1.807) is 47.0 Å². The van der Waals surface area contributed by atoms with Crippen molar-refractivity contribution in [2.75, 3.05) is 18.1 Å². The van der Waals surface area contributed by atoms with Gasteiger partial charge in [0.15, 0.2) is 0 Å². The third kappa shape index (κ3) is 5.37. The van der Waals surface area contributed by atoms with Crippen molar-refractivity contribution in [1.82, 2.24) is 19.0 Å². The summed E-state index contributed by atoms with van der Waals surface area (Å²) in [6.07, 6.45) is 2.84. The number of nitrogens with one attached hydrogen (secondary N) is 1. The molecule has 3 heterocycles. The molecule has 4 rings (SSSR count). The largest absolute Gasteiger partial charge is 0.516 e. The summed E-state index contributed by atoms with van der Waals surface area (Å²) in [5.41, 5.74) is -2.39. The highest BCUT2D eigenvalue weighted by Gasteiger charge is 2.50. The minimum absolute atomic E-state index is 0. The highest BCUT2D eigenvalue weighted by molar-refractivity contribution is 7.90. The van der Waals surface area contributed by atoms with E-state index in [0.717, 1.165) is 5.56 Å². The molecule has 1 N–H and O–H groups in total. The van der Waals surface area contributed by atoms with Crippen LogP contribution >= 0.6 is 24.0 Å². The van der Waals surface area contributed by atoms with Gasteiger partial charge in [-0.05, 0) is 36.2 Å². The van der Waals surface area contributed by atoms with Crippen LogP contribution in [0.2, 0.25) is 5.02 Å². The van der Waals surface area contributed by atoms with Gasteiger partial charge in [-0.2, -0.15) is 26.7 Å². The molecule has 2 aromatic heterocycles. The van der Waals surface area contributed by atoms with Gasteiger partial charge in [-0.25, -0.2) is 9.29 Å². The lowest BCUT2D eigenvalue weighted by molar-refractivity contribution is -0.0471. The number of nitrogens with zero attached hydrogens (tertiary/aromatic N) is 5. The van der Waals surface area contributed by atoms with Crippen LogP contribution in [0.1, 0.15) is 28.7 Å². The molecule has 0 saturated carbocycles. The molecule has 0 bridgehead atoms. The third-order valence-electron chi connectivity index (χ3n) is 5.35. The number of anilines is 1. The van der Waals surface area contributed by atoms with Crippen LogP contribution in [0.5, 0.6) is 0 Å². The van der Waals surface area contributed by atoms with Crippen molar-refractivity contribution in [3.8, 4) is 0 Å². The molecule has 1 aromatic carbocycles. The van der Waals surface area contributed by atoms with Gasteiger partial charge in [0.25, 0.3) is 5.91 Å². The molecule has 1 amide bonds. The van der Waals surface area contributed by atoms with Crippen molar-refractivity contribution >= 4 is 57.6 Å². The number of benzene rings is 1. The Kier molecular flexibility index (Phi) is 8.06. The summed E-state index contributed by atoms with van der Waals surface area (Å²) in [6.45, 7) is 1.67. The van der Waals surface area contributed by atoms with Gasteiger partial charge in [-0.15, -0.1) is 12.4 Å². The van der Waals surface area contributed by atoms with Crippen LogP contribution in [0.4, 0.5) is 18.9 Å². The molecular weight excluding hydrogens is 544 g/mol. The van der Waals surface area contributed by atoms with Crippen molar-refractivity contribution in [1.29, 1.82) is 0 Å². The van der Waals surface area contributed by atoms with Crippen LogP contribution in [0.25, 0.3) is 5.65 Å². The predicted octanol–water partition coefficient (Wildman–Crippen LogP) is 3.82. The van der Waals surface area contributed by atoms with E-state index < -0.39 is 22.1 Å². The summed E-state index contributed by atoms with van der Waals surface area (Å²) < 4.78 is 62.9. The number of amides is 1. The number of sulfonamides is 1. The zero-order valence-corrected chi connectivity index (χ0v) is 21.1. The Morgan fingerprint density at radius 2 is 1.83 bits per heavy atom. The van der Waals surface area contributed by atoms with Crippen LogP contribution in [0.3, 0.4) is 0 Å². The summed E-state index contributed by atoms with van der Waals surface area (Å²) in [6, 6.07) is 10.3. The van der Waals surface area contributed by atoms with Gasteiger partial charge in [0.1, 0.15) is 17.7 Å². The first-order valence-corrected chi connectivity index (χ1v) is 12.3. The van der Waals surface area contributed by atoms with Crippen molar-refractivity contribution < 1.29 is 26.4 Å². The van der Waals surface area contributed by atoms with Crippen LogP contribution in [-0.4, -0.2) is 53.0 Å². The molecule has 0 saturated heterocycles. The maximum Gasteiger partial charge on any atom is 0.516 e. The van der Waals surface area contributed by atoms with E-state index in [-0.39, 0.29) is 35.7 Å². The normalized spacial score (nSPS) is 14.1. The predicted molar refractivity (Wildman–Crippen MR) is 132 cm³/mol. The number of halogens is 5. The second-order valence-electron chi connectivity index (χ2n) is 7.60. The van der Waals surface area contributed by atoms with Crippen LogP contribution < -0.4 is 10.3 Å². The second kappa shape index (κ2) is 10.5. The van der Waals surface area contributed by atoms with Gasteiger partial charge >= 0.3 is 15.5 Å². The number of aryl methyl sites for hydroxylation is 1. The first-order valence-electron chi connectivity index (χ1n) is 10.4. The number of hydrogen-bond acceptors (Lipinski definition) is 6. The maximum atomic E-state index is 12.9. The first-order chi connectivity index (χ1) is 16.5. The third-order valence-corrected chi connectivity index (χ3v) is 7.05. The van der Waals surface area contributed by atoms with Crippen molar-refractivity contribution in [2.45, 2.75) is 25.4 Å². The zero-order valence-electron chi connectivity index (χ0n) is 18.7. The SMILES string of the molecule is CCc1nc2ccc(Cl)cn2c1C(=O)NCc1ccc(N2CCN(S(=O)(=O)C(F)(F)F)C=N2)cc1.Cl. The van der Waals surface area contributed by atoms with Crippen molar-refractivity contribution in [2.24, 2.45) is 5.10 Å². The van der Waals surface area contributed by atoms with Crippen molar-refractivity contribution in [3.05, 3.63) is 64.6 Å². The minimum Gasteiger partial charge on any atom is -0.347 e. The van der Waals surface area contributed by atoms with Gasteiger partial charge < -0.3 is 5.32 Å². The van der Waals surface area contributed by atoms with Crippen LogP contribution in [-0.2, 0) is 23.0 Å². The quantitative estimate of drug-likeness (QED) is 0.490. The summed E-state index contributed by atoms with van der Waals surface area (Å²) in [5.74, 6) is -0.313. The van der Waals surface area contributed by atoms with Gasteiger partial charge in [-0.3, -0.25) is 14.2 Å². The summed E-state index contributed by atoms with van der Waals surface area (Å²) in [5, 5.41) is 8.54. The van der Waals surface area contributed by atoms with Crippen LogP contribution in [0, 0.1) is 0 Å². The molecule has 3 aromatic rings. The van der Waals surface area contributed by atoms with E-state index in [2.05, 4.69) is 15.4 Å². The standard InChI is InChI=1S/C21H20ClF3N6O3S.ClH/c1-2-17-19(30-12-15(22)5-8-18(30)28-17)20(32)26-11-14-3-6-16(7-4-14)31-10-9-29(13-27-31)35(33,34)21(23,24)25;/h3-8,12-13H,2,9-11H2,1H3,(H,26,32);1H. The number of pyridine rings is 1. The number of fused-ring (bicyclic) bond motifs is 1. The molecule has 0 unspecified atom stereocenters. The lowest BCUT2D eigenvalue weighted by Crippen LogP contribution is -2.46. The minimum atomic E-state index is -5.46. The highest BCUT2D eigenvalue weighted by atomic mass is 35.5. The Labute approximate surface area is 216 Å². The fourth-order valence-electron chi connectivity index (χ4n) is 3.55. The number of carbonyl (C=O) groups is 1. The number of aromatic nitrogens is 2. The van der Waals surface area contributed by atoms with E-state index in [1.807, 2.05) is 6.92 Å². The Bertz CT molecular complexity index is 1390. The number of alkyl halides is 3.